The molecule has 0 saturated carbocycles. The molecule has 25 heavy (non-hydrogen) atoms. The molecule has 134 valence electrons. The lowest BCUT2D eigenvalue weighted by molar-refractivity contribution is 0.181. The fraction of sp³-hybridized carbons (Fsp3) is 0.333. The molecule has 1 aliphatic heterocycles. The van der Waals surface area contributed by atoms with Gasteiger partial charge >= 0.3 is 0 Å². The molecule has 0 radical (unpaired) electrons. The Morgan fingerprint density at radius 2 is 1.80 bits per heavy atom. The molecule has 1 heterocycles. The smallest absolute Gasteiger partial charge is 0.243 e. The first-order chi connectivity index (χ1) is 11.9. The van der Waals surface area contributed by atoms with Crippen LogP contribution in [0.2, 0.25) is 5.02 Å². The van der Waals surface area contributed by atoms with Crippen molar-refractivity contribution in [3.8, 4) is 0 Å². The Morgan fingerprint density at radius 3 is 2.44 bits per heavy atom. The number of halogens is 2. The Balaban J connectivity index is 1.66. The van der Waals surface area contributed by atoms with Crippen molar-refractivity contribution in [1.29, 1.82) is 0 Å². The predicted octanol–water partition coefficient (Wildman–Crippen LogP) is 3.29. The lowest BCUT2D eigenvalue weighted by Gasteiger charge is -2.34. The average molecular weight is 383 g/mol. The SMILES string of the molecule is Cc1cc(S(=O)(=O)N2CCN(Cc3cccc(Cl)c3)CC2)ccc1F. The number of hydrogen-bond acceptors (Lipinski definition) is 3. The van der Waals surface area contributed by atoms with Crippen LogP contribution in [0, 0.1) is 12.7 Å². The van der Waals surface area contributed by atoms with E-state index in [1.165, 1.54) is 22.5 Å². The summed E-state index contributed by atoms with van der Waals surface area (Å²) in [6, 6.07) is 11.6. The molecule has 1 fully saturated rings. The Kier molecular flexibility index (Phi) is 5.43. The van der Waals surface area contributed by atoms with E-state index in [-0.39, 0.29) is 4.90 Å². The highest BCUT2D eigenvalue weighted by atomic mass is 35.5. The van der Waals surface area contributed by atoms with E-state index < -0.39 is 15.8 Å². The highest BCUT2D eigenvalue weighted by molar-refractivity contribution is 7.89. The largest absolute Gasteiger partial charge is 0.296 e. The molecule has 0 N–H and O–H groups in total. The number of hydrogen-bond donors (Lipinski definition) is 0. The lowest BCUT2D eigenvalue weighted by Crippen LogP contribution is -2.48. The fourth-order valence-corrected chi connectivity index (χ4v) is 4.67. The van der Waals surface area contributed by atoms with E-state index in [0.717, 1.165) is 12.1 Å². The molecule has 4 nitrogen and oxygen atoms in total. The molecule has 0 aliphatic carbocycles. The van der Waals surface area contributed by atoms with Gasteiger partial charge in [-0.15, -0.1) is 0 Å². The summed E-state index contributed by atoms with van der Waals surface area (Å²) in [6.45, 7) is 4.43. The highest BCUT2D eigenvalue weighted by Gasteiger charge is 2.28. The van der Waals surface area contributed by atoms with Crippen LogP contribution in [0.4, 0.5) is 4.39 Å². The second-order valence-corrected chi connectivity index (χ2v) is 8.60. The van der Waals surface area contributed by atoms with E-state index in [4.69, 9.17) is 11.6 Å². The number of rotatable bonds is 4. The summed E-state index contributed by atoms with van der Waals surface area (Å²) in [7, 11) is -3.59. The maximum atomic E-state index is 13.4. The second-order valence-electron chi connectivity index (χ2n) is 6.22. The number of nitrogens with zero attached hydrogens (tertiary/aromatic N) is 2. The van der Waals surface area contributed by atoms with E-state index in [2.05, 4.69) is 4.90 Å². The van der Waals surface area contributed by atoms with Gasteiger partial charge in [0, 0.05) is 37.7 Å². The van der Waals surface area contributed by atoms with Gasteiger partial charge in [0.15, 0.2) is 0 Å². The van der Waals surface area contributed by atoms with Gasteiger partial charge in [-0.3, -0.25) is 4.90 Å². The summed E-state index contributed by atoms with van der Waals surface area (Å²) in [4.78, 5) is 2.35. The summed E-state index contributed by atoms with van der Waals surface area (Å²) in [5, 5.41) is 0.699. The van der Waals surface area contributed by atoms with Crippen LogP contribution in [0.1, 0.15) is 11.1 Å². The fourth-order valence-electron chi connectivity index (χ4n) is 2.95. The lowest BCUT2D eigenvalue weighted by atomic mass is 10.2. The zero-order valence-electron chi connectivity index (χ0n) is 14.0. The first-order valence-electron chi connectivity index (χ1n) is 8.09. The molecule has 2 aromatic carbocycles. The third-order valence-corrected chi connectivity index (χ3v) is 6.52. The van der Waals surface area contributed by atoms with Crippen LogP contribution in [0.3, 0.4) is 0 Å². The normalized spacial score (nSPS) is 16.9. The molecule has 0 amide bonds. The first-order valence-corrected chi connectivity index (χ1v) is 9.91. The monoisotopic (exact) mass is 382 g/mol. The van der Waals surface area contributed by atoms with Crippen LogP contribution in [0.15, 0.2) is 47.4 Å². The van der Waals surface area contributed by atoms with Gasteiger partial charge in [-0.1, -0.05) is 23.7 Å². The van der Waals surface area contributed by atoms with Crippen molar-refractivity contribution >= 4 is 21.6 Å². The zero-order valence-corrected chi connectivity index (χ0v) is 15.5. The topological polar surface area (TPSA) is 40.6 Å². The van der Waals surface area contributed by atoms with Gasteiger partial charge in [-0.25, -0.2) is 12.8 Å². The number of aryl methyl sites for hydroxylation is 1. The third-order valence-electron chi connectivity index (χ3n) is 4.39. The Morgan fingerprint density at radius 1 is 1.08 bits per heavy atom. The van der Waals surface area contributed by atoms with Crippen molar-refractivity contribution < 1.29 is 12.8 Å². The maximum absolute atomic E-state index is 13.4. The van der Waals surface area contributed by atoms with Crippen molar-refractivity contribution in [2.24, 2.45) is 0 Å². The van der Waals surface area contributed by atoms with E-state index in [9.17, 15) is 12.8 Å². The molecule has 7 heteroatoms. The minimum atomic E-state index is -3.59. The summed E-state index contributed by atoms with van der Waals surface area (Å²) >= 11 is 6.00. The van der Waals surface area contributed by atoms with Gasteiger partial charge in [0.05, 0.1) is 4.90 Å². The summed E-state index contributed by atoms with van der Waals surface area (Å²) in [5.41, 5.74) is 1.44. The van der Waals surface area contributed by atoms with Crippen molar-refractivity contribution in [3.05, 3.63) is 64.4 Å². The van der Waals surface area contributed by atoms with Crippen LogP contribution in [0.25, 0.3) is 0 Å². The van der Waals surface area contributed by atoms with Crippen molar-refractivity contribution in [2.75, 3.05) is 26.2 Å². The van der Waals surface area contributed by atoms with E-state index in [0.29, 0.717) is 36.8 Å². The molecule has 0 atom stereocenters. The highest BCUT2D eigenvalue weighted by Crippen LogP contribution is 2.21. The Bertz CT molecular complexity index is 865. The minimum Gasteiger partial charge on any atom is -0.296 e. The maximum Gasteiger partial charge on any atom is 0.243 e. The molecule has 0 bridgehead atoms. The van der Waals surface area contributed by atoms with Gasteiger partial charge in [-0.05, 0) is 48.4 Å². The number of piperazine rings is 1. The summed E-state index contributed by atoms with van der Waals surface area (Å²) < 4.78 is 40.3. The van der Waals surface area contributed by atoms with E-state index in [1.807, 2.05) is 24.3 Å². The van der Waals surface area contributed by atoms with E-state index in [1.54, 1.807) is 6.92 Å². The zero-order chi connectivity index (χ0) is 18.0. The Labute approximate surface area is 152 Å². The van der Waals surface area contributed by atoms with Crippen LogP contribution in [-0.2, 0) is 16.6 Å². The summed E-state index contributed by atoms with van der Waals surface area (Å²) in [5.74, 6) is -0.398. The first kappa shape index (κ1) is 18.3. The molecule has 0 unspecified atom stereocenters. The van der Waals surface area contributed by atoms with Gasteiger partial charge in [0.1, 0.15) is 5.82 Å². The third kappa shape index (κ3) is 4.20. The molecule has 0 aromatic heterocycles. The number of benzene rings is 2. The van der Waals surface area contributed by atoms with Crippen molar-refractivity contribution in [3.63, 3.8) is 0 Å². The Hall–Kier alpha value is -1.47. The van der Waals surface area contributed by atoms with Crippen LogP contribution < -0.4 is 0 Å². The molecule has 0 spiro atoms. The number of sulfonamides is 1. The van der Waals surface area contributed by atoms with Crippen LogP contribution >= 0.6 is 11.6 Å². The van der Waals surface area contributed by atoms with Crippen LogP contribution in [0.5, 0.6) is 0 Å². The van der Waals surface area contributed by atoms with Gasteiger partial charge in [0.2, 0.25) is 10.0 Å². The molecular formula is C18H20ClFN2O2S. The molecule has 2 aromatic rings. The minimum absolute atomic E-state index is 0.148. The summed E-state index contributed by atoms with van der Waals surface area (Å²) in [6.07, 6.45) is 0. The van der Waals surface area contributed by atoms with Gasteiger partial charge < -0.3 is 0 Å². The molecular weight excluding hydrogens is 363 g/mol. The molecule has 3 rings (SSSR count). The van der Waals surface area contributed by atoms with Crippen molar-refractivity contribution in [1.82, 2.24) is 9.21 Å². The second kappa shape index (κ2) is 7.41. The van der Waals surface area contributed by atoms with Crippen molar-refractivity contribution in [2.45, 2.75) is 18.4 Å². The standard InChI is InChI=1S/C18H20ClFN2O2S/c1-14-11-17(5-6-18(14)20)25(23,24)22-9-7-21(8-10-22)13-15-3-2-4-16(19)12-15/h2-6,11-12H,7-10,13H2,1H3. The molecule has 1 saturated heterocycles. The van der Waals surface area contributed by atoms with Gasteiger partial charge in [-0.2, -0.15) is 4.31 Å². The van der Waals surface area contributed by atoms with E-state index >= 15 is 0 Å². The average Bonchev–Trinajstić information content (AvgIpc) is 2.58. The van der Waals surface area contributed by atoms with Gasteiger partial charge in [0.25, 0.3) is 0 Å². The van der Waals surface area contributed by atoms with Crippen LogP contribution in [-0.4, -0.2) is 43.8 Å². The quantitative estimate of drug-likeness (QED) is 0.814. The molecule has 1 aliphatic rings. The predicted molar refractivity (Wildman–Crippen MR) is 96.6 cm³/mol.